The Labute approximate surface area is 143 Å². The second-order valence-electron chi connectivity index (χ2n) is 5.40. The highest BCUT2D eigenvalue weighted by Crippen LogP contribution is 2.22. The van der Waals surface area contributed by atoms with Crippen LogP contribution in [0.4, 0.5) is 0 Å². The number of likely N-dealkylation sites (tertiary alicyclic amines) is 1. The van der Waals surface area contributed by atoms with Crippen molar-refractivity contribution in [1.82, 2.24) is 4.90 Å². The molecule has 0 saturated carbocycles. The third-order valence-electron chi connectivity index (χ3n) is 3.80. The maximum atomic E-state index is 12.2. The minimum Gasteiger partial charge on any atom is -0.494 e. The van der Waals surface area contributed by atoms with Crippen molar-refractivity contribution in [2.75, 3.05) is 20.3 Å². The summed E-state index contributed by atoms with van der Waals surface area (Å²) in [5.41, 5.74) is 0. The third kappa shape index (κ3) is 4.94. The van der Waals surface area contributed by atoms with Gasteiger partial charge < -0.3 is 19.5 Å². The van der Waals surface area contributed by atoms with Crippen molar-refractivity contribution in [1.29, 1.82) is 0 Å². The molecule has 126 valence electrons. The van der Waals surface area contributed by atoms with Crippen molar-refractivity contribution in [3.8, 4) is 5.75 Å². The van der Waals surface area contributed by atoms with E-state index in [0.29, 0.717) is 26.0 Å². The minimum atomic E-state index is -0.983. The number of hydrogen-bond donors (Lipinski definition) is 1. The van der Waals surface area contributed by atoms with Crippen LogP contribution >= 0.6 is 15.9 Å². The van der Waals surface area contributed by atoms with Crippen LogP contribution in [0.2, 0.25) is 0 Å². The van der Waals surface area contributed by atoms with Crippen molar-refractivity contribution in [2.24, 2.45) is 0 Å². The predicted octanol–water partition coefficient (Wildman–Crippen LogP) is 2.31. The molecule has 0 radical (unpaired) electrons. The van der Waals surface area contributed by atoms with E-state index >= 15 is 0 Å². The zero-order valence-corrected chi connectivity index (χ0v) is 14.5. The summed E-state index contributed by atoms with van der Waals surface area (Å²) in [6.45, 7) is 0.736. The largest absolute Gasteiger partial charge is 0.494 e. The van der Waals surface area contributed by atoms with E-state index in [-0.39, 0.29) is 18.4 Å². The Hall–Kier alpha value is -1.60. The molecule has 1 aromatic rings. The number of benzene rings is 1. The number of carbonyl (C=O) groups is 2. The van der Waals surface area contributed by atoms with E-state index in [1.54, 1.807) is 0 Å². The van der Waals surface area contributed by atoms with Crippen molar-refractivity contribution in [2.45, 2.75) is 31.4 Å². The first-order valence-electron chi connectivity index (χ1n) is 7.44. The molecule has 23 heavy (non-hydrogen) atoms. The summed E-state index contributed by atoms with van der Waals surface area (Å²) >= 11 is 3.36. The van der Waals surface area contributed by atoms with Crippen LogP contribution in [-0.4, -0.2) is 54.3 Å². The van der Waals surface area contributed by atoms with Gasteiger partial charge in [-0.1, -0.05) is 22.0 Å². The van der Waals surface area contributed by atoms with Crippen molar-refractivity contribution in [3.05, 3.63) is 28.7 Å². The molecule has 1 N–H and O–H groups in total. The normalized spacial score (nSPS) is 20.5. The lowest BCUT2D eigenvalue weighted by molar-refractivity contribution is -0.148. The van der Waals surface area contributed by atoms with E-state index in [1.165, 1.54) is 12.0 Å². The number of methoxy groups -OCH3 is 1. The molecule has 1 aliphatic rings. The maximum absolute atomic E-state index is 12.2. The van der Waals surface area contributed by atoms with Gasteiger partial charge >= 0.3 is 5.97 Å². The van der Waals surface area contributed by atoms with E-state index in [9.17, 15) is 14.7 Å². The van der Waals surface area contributed by atoms with Gasteiger partial charge in [0.25, 0.3) is 0 Å². The summed E-state index contributed by atoms with van der Waals surface area (Å²) in [6.07, 6.45) is 0.921. The number of rotatable bonds is 7. The molecular weight excluding hydrogens is 366 g/mol. The Morgan fingerprint density at radius 1 is 1.43 bits per heavy atom. The van der Waals surface area contributed by atoms with Gasteiger partial charge in [-0.05, 0) is 24.6 Å². The number of carboxylic acid groups (broad SMARTS) is 1. The highest BCUT2D eigenvalue weighted by Gasteiger charge is 2.39. The van der Waals surface area contributed by atoms with Gasteiger partial charge in [-0.25, -0.2) is 4.79 Å². The Morgan fingerprint density at radius 2 is 2.22 bits per heavy atom. The SMILES string of the molecule is COC1CC(C(=O)O)N(C(=O)CCCOc2cccc(Br)c2)C1. The maximum Gasteiger partial charge on any atom is 0.326 e. The van der Waals surface area contributed by atoms with Gasteiger partial charge in [0.1, 0.15) is 11.8 Å². The molecule has 1 heterocycles. The second kappa shape index (κ2) is 8.31. The zero-order valence-electron chi connectivity index (χ0n) is 12.9. The molecule has 6 nitrogen and oxygen atoms in total. The number of carboxylic acids is 1. The molecule has 0 aliphatic carbocycles. The van der Waals surface area contributed by atoms with Gasteiger partial charge in [-0.3, -0.25) is 4.79 Å². The molecule has 1 fully saturated rings. The highest BCUT2D eigenvalue weighted by atomic mass is 79.9. The monoisotopic (exact) mass is 385 g/mol. The first kappa shape index (κ1) is 17.7. The molecule has 0 bridgehead atoms. The second-order valence-corrected chi connectivity index (χ2v) is 6.32. The third-order valence-corrected chi connectivity index (χ3v) is 4.29. The Bertz CT molecular complexity index is 565. The van der Waals surface area contributed by atoms with Gasteiger partial charge in [0.2, 0.25) is 5.91 Å². The van der Waals surface area contributed by atoms with E-state index < -0.39 is 12.0 Å². The standard InChI is InChI=1S/C16H20BrNO5/c1-22-13-9-14(16(20)21)18(10-13)15(19)6-3-7-23-12-5-2-4-11(17)8-12/h2,4-5,8,13-14H,3,6-7,9-10H2,1H3,(H,20,21). The lowest BCUT2D eigenvalue weighted by Crippen LogP contribution is -2.40. The lowest BCUT2D eigenvalue weighted by atomic mass is 10.2. The molecule has 1 saturated heterocycles. The molecule has 1 aromatic carbocycles. The van der Waals surface area contributed by atoms with E-state index in [1.807, 2.05) is 24.3 Å². The number of hydrogen-bond acceptors (Lipinski definition) is 4. The fourth-order valence-corrected chi connectivity index (χ4v) is 2.97. The van der Waals surface area contributed by atoms with E-state index in [0.717, 1.165) is 10.2 Å². The van der Waals surface area contributed by atoms with Crippen LogP contribution in [0.3, 0.4) is 0 Å². The molecule has 0 aromatic heterocycles. The fourth-order valence-electron chi connectivity index (χ4n) is 2.59. The van der Waals surface area contributed by atoms with Crippen LogP contribution < -0.4 is 4.74 Å². The summed E-state index contributed by atoms with van der Waals surface area (Å²) < 4.78 is 11.7. The van der Waals surface area contributed by atoms with Crippen LogP contribution in [0.5, 0.6) is 5.75 Å². The number of carbonyl (C=O) groups excluding carboxylic acids is 1. The Kier molecular flexibility index (Phi) is 6.41. The summed E-state index contributed by atoms with van der Waals surface area (Å²) in [6, 6.07) is 6.68. The average molecular weight is 386 g/mol. The highest BCUT2D eigenvalue weighted by molar-refractivity contribution is 9.10. The van der Waals surface area contributed by atoms with Gasteiger partial charge in [0.05, 0.1) is 12.7 Å². The minimum absolute atomic E-state index is 0.171. The van der Waals surface area contributed by atoms with Crippen LogP contribution in [0, 0.1) is 0 Å². The molecule has 0 spiro atoms. The van der Waals surface area contributed by atoms with Crippen LogP contribution in [0.15, 0.2) is 28.7 Å². The van der Waals surface area contributed by atoms with Crippen molar-refractivity contribution < 1.29 is 24.2 Å². The Morgan fingerprint density at radius 3 is 2.87 bits per heavy atom. The molecule has 2 atom stereocenters. The van der Waals surface area contributed by atoms with E-state index in [4.69, 9.17) is 9.47 Å². The lowest BCUT2D eigenvalue weighted by Gasteiger charge is -2.21. The predicted molar refractivity (Wildman–Crippen MR) is 87.4 cm³/mol. The number of halogens is 1. The van der Waals surface area contributed by atoms with Crippen LogP contribution in [-0.2, 0) is 14.3 Å². The summed E-state index contributed by atoms with van der Waals surface area (Å²) in [4.78, 5) is 24.9. The van der Waals surface area contributed by atoms with Gasteiger partial charge in [-0.15, -0.1) is 0 Å². The summed E-state index contributed by atoms with van der Waals surface area (Å²) in [5, 5.41) is 9.21. The molecule has 2 unspecified atom stereocenters. The van der Waals surface area contributed by atoms with Gasteiger partial charge in [-0.2, -0.15) is 0 Å². The smallest absolute Gasteiger partial charge is 0.326 e. The van der Waals surface area contributed by atoms with Crippen molar-refractivity contribution >= 4 is 27.8 Å². The molecule has 2 rings (SSSR count). The molecular formula is C16H20BrNO5. The quantitative estimate of drug-likeness (QED) is 0.728. The number of ether oxygens (including phenoxy) is 2. The molecule has 1 aliphatic heterocycles. The van der Waals surface area contributed by atoms with E-state index in [2.05, 4.69) is 15.9 Å². The average Bonchev–Trinajstić information content (AvgIpc) is 2.96. The topological polar surface area (TPSA) is 76.1 Å². The van der Waals surface area contributed by atoms with Gasteiger partial charge in [0, 0.05) is 31.0 Å². The zero-order chi connectivity index (χ0) is 16.8. The summed E-state index contributed by atoms with van der Waals surface area (Å²) in [5.74, 6) is -0.422. The number of amides is 1. The first-order valence-corrected chi connectivity index (χ1v) is 8.24. The summed E-state index contributed by atoms with van der Waals surface area (Å²) in [7, 11) is 1.53. The fraction of sp³-hybridized carbons (Fsp3) is 0.500. The number of nitrogens with zero attached hydrogens (tertiary/aromatic N) is 1. The van der Waals surface area contributed by atoms with Crippen LogP contribution in [0.25, 0.3) is 0 Å². The first-order chi connectivity index (χ1) is 11.0. The Balaban J connectivity index is 1.78. The van der Waals surface area contributed by atoms with Crippen LogP contribution in [0.1, 0.15) is 19.3 Å². The molecule has 1 amide bonds. The number of aliphatic carboxylic acids is 1. The molecule has 7 heteroatoms. The van der Waals surface area contributed by atoms with Crippen molar-refractivity contribution in [3.63, 3.8) is 0 Å². The van der Waals surface area contributed by atoms with Gasteiger partial charge in [0.15, 0.2) is 0 Å².